The molecule has 4 nitrogen and oxygen atoms in total. The number of hydrogen-bond donors (Lipinski definition) is 0. The highest BCUT2D eigenvalue weighted by atomic mass is 19.2. The lowest BCUT2D eigenvalue weighted by Gasteiger charge is -2.44. The number of ether oxygens (including phenoxy) is 1. The van der Waals surface area contributed by atoms with E-state index in [0.29, 0.717) is 11.6 Å². The van der Waals surface area contributed by atoms with Crippen LogP contribution in [0.2, 0.25) is 0 Å². The van der Waals surface area contributed by atoms with Crippen LogP contribution in [0.1, 0.15) is 35.3 Å². The third kappa shape index (κ3) is 4.97. The summed E-state index contributed by atoms with van der Waals surface area (Å²) in [5.41, 5.74) is 1.75. The summed E-state index contributed by atoms with van der Waals surface area (Å²) >= 11 is 0. The number of carbonyl (C=O) groups excluding carboxylic acids is 1. The zero-order valence-electron chi connectivity index (χ0n) is 16.8. The minimum Gasteiger partial charge on any atom is -0.465 e. The summed E-state index contributed by atoms with van der Waals surface area (Å²) in [4.78, 5) is 15.9. The summed E-state index contributed by atoms with van der Waals surface area (Å²) in [6.45, 7) is 6.56. The average Bonchev–Trinajstić information content (AvgIpc) is 2.68. The molecule has 1 fully saturated rings. The van der Waals surface area contributed by atoms with Crippen molar-refractivity contribution in [1.29, 1.82) is 0 Å². The molecule has 1 saturated heterocycles. The third-order valence-corrected chi connectivity index (χ3v) is 5.40. The van der Waals surface area contributed by atoms with Crippen LogP contribution in [0, 0.1) is 17.5 Å². The van der Waals surface area contributed by atoms with Crippen molar-refractivity contribution in [3.63, 3.8) is 0 Å². The molecule has 7 heteroatoms. The van der Waals surface area contributed by atoms with E-state index in [2.05, 4.69) is 9.80 Å². The normalized spacial score (nSPS) is 20.6. The van der Waals surface area contributed by atoms with Crippen LogP contribution in [0.15, 0.2) is 36.4 Å². The second kappa shape index (κ2) is 8.97. The second-order valence-corrected chi connectivity index (χ2v) is 7.61. The van der Waals surface area contributed by atoms with Crippen LogP contribution in [-0.4, -0.2) is 48.1 Å². The highest BCUT2D eigenvalue weighted by molar-refractivity contribution is 5.89. The van der Waals surface area contributed by atoms with Crippen LogP contribution in [0.3, 0.4) is 0 Å². The van der Waals surface area contributed by atoms with Gasteiger partial charge in [-0.2, -0.15) is 0 Å². The molecular weight excluding hydrogens is 381 g/mol. The van der Waals surface area contributed by atoms with E-state index >= 15 is 0 Å². The summed E-state index contributed by atoms with van der Waals surface area (Å²) < 4.78 is 45.4. The number of nitrogens with zero attached hydrogens (tertiary/aromatic N) is 2. The first-order valence-electron chi connectivity index (χ1n) is 9.57. The van der Waals surface area contributed by atoms with Crippen LogP contribution in [0.25, 0.3) is 0 Å². The first-order chi connectivity index (χ1) is 13.8. The van der Waals surface area contributed by atoms with Gasteiger partial charge in [-0.15, -0.1) is 0 Å². The third-order valence-electron chi connectivity index (χ3n) is 5.40. The minimum atomic E-state index is -1.17. The fourth-order valence-corrected chi connectivity index (χ4v) is 3.91. The van der Waals surface area contributed by atoms with Crippen LogP contribution in [0.4, 0.5) is 13.2 Å². The predicted molar refractivity (Wildman–Crippen MR) is 104 cm³/mol. The minimum absolute atomic E-state index is 0.112. The summed E-state index contributed by atoms with van der Waals surface area (Å²) in [5.74, 6) is -3.29. The molecular formula is C22H25F3N2O2. The molecule has 0 unspecified atom stereocenters. The van der Waals surface area contributed by atoms with Gasteiger partial charge in [-0.05, 0) is 37.6 Å². The van der Waals surface area contributed by atoms with Crippen molar-refractivity contribution >= 4 is 5.97 Å². The van der Waals surface area contributed by atoms with E-state index in [-0.39, 0.29) is 30.2 Å². The lowest BCUT2D eigenvalue weighted by atomic mass is 10.0. The first kappa shape index (κ1) is 21.3. The second-order valence-electron chi connectivity index (χ2n) is 7.61. The number of esters is 1. The van der Waals surface area contributed by atoms with Crippen molar-refractivity contribution in [2.24, 2.45) is 0 Å². The van der Waals surface area contributed by atoms with Gasteiger partial charge in [0.25, 0.3) is 0 Å². The maximum atomic E-state index is 14.0. The smallest absolute Gasteiger partial charge is 0.337 e. The van der Waals surface area contributed by atoms with Crippen LogP contribution in [0.5, 0.6) is 0 Å². The molecule has 0 saturated carbocycles. The highest BCUT2D eigenvalue weighted by Crippen LogP contribution is 2.23. The van der Waals surface area contributed by atoms with Crippen LogP contribution >= 0.6 is 0 Å². The molecule has 156 valence electrons. The van der Waals surface area contributed by atoms with E-state index in [0.717, 1.165) is 31.3 Å². The number of hydrogen-bond acceptors (Lipinski definition) is 4. The van der Waals surface area contributed by atoms with Crippen LogP contribution < -0.4 is 0 Å². The monoisotopic (exact) mass is 406 g/mol. The molecule has 0 radical (unpaired) electrons. The first-order valence-corrected chi connectivity index (χ1v) is 9.57. The lowest BCUT2D eigenvalue weighted by molar-refractivity contribution is 0.0282. The Balaban J connectivity index is 1.64. The molecule has 3 rings (SSSR count). The van der Waals surface area contributed by atoms with Gasteiger partial charge in [0, 0.05) is 49.9 Å². The van der Waals surface area contributed by atoms with Crippen molar-refractivity contribution in [2.75, 3.05) is 20.2 Å². The highest BCUT2D eigenvalue weighted by Gasteiger charge is 2.30. The van der Waals surface area contributed by atoms with E-state index in [1.165, 1.54) is 7.11 Å². The van der Waals surface area contributed by atoms with E-state index in [1.807, 2.05) is 26.0 Å². The van der Waals surface area contributed by atoms with Gasteiger partial charge in [0.2, 0.25) is 0 Å². The molecule has 0 aliphatic carbocycles. The standard InChI is InChI=1S/C22H25F3N2O2/c1-14-10-26(12-16-4-6-17(7-5-16)22(28)29-3)11-15(2)27(14)13-18-8-20(24)21(25)9-19(18)23/h4-9,14-15H,10-13H2,1-3H3/t14-,15+. The summed E-state index contributed by atoms with van der Waals surface area (Å²) in [6, 6.07) is 9.08. The molecule has 0 amide bonds. The molecule has 2 aromatic carbocycles. The molecule has 2 aromatic rings. The maximum Gasteiger partial charge on any atom is 0.337 e. The van der Waals surface area contributed by atoms with Crippen molar-refractivity contribution in [2.45, 2.75) is 39.0 Å². The maximum absolute atomic E-state index is 14.0. The number of piperazine rings is 1. The Hall–Kier alpha value is -2.38. The van der Waals surface area contributed by atoms with Gasteiger partial charge in [-0.25, -0.2) is 18.0 Å². The van der Waals surface area contributed by atoms with Gasteiger partial charge in [-0.1, -0.05) is 12.1 Å². The average molecular weight is 406 g/mol. The van der Waals surface area contributed by atoms with Gasteiger partial charge >= 0.3 is 5.97 Å². The van der Waals surface area contributed by atoms with E-state index in [1.54, 1.807) is 12.1 Å². The Kier molecular flexibility index (Phi) is 6.59. The summed E-state index contributed by atoms with van der Waals surface area (Å²) in [7, 11) is 1.35. The van der Waals surface area contributed by atoms with E-state index in [9.17, 15) is 18.0 Å². The number of carbonyl (C=O) groups is 1. The lowest BCUT2D eigenvalue weighted by Crippen LogP contribution is -2.55. The van der Waals surface area contributed by atoms with E-state index in [4.69, 9.17) is 4.74 Å². The molecule has 2 atom stereocenters. The van der Waals surface area contributed by atoms with Crippen molar-refractivity contribution < 1.29 is 22.7 Å². The zero-order valence-corrected chi connectivity index (χ0v) is 16.8. The summed E-state index contributed by atoms with van der Waals surface area (Å²) in [6.07, 6.45) is 0. The van der Waals surface area contributed by atoms with Crippen LogP contribution in [-0.2, 0) is 17.8 Å². The largest absolute Gasteiger partial charge is 0.465 e. The molecule has 0 N–H and O–H groups in total. The Morgan fingerprint density at radius 3 is 2.14 bits per heavy atom. The van der Waals surface area contributed by atoms with Gasteiger partial charge in [0.15, 0.2) is 11.6 Å². The SMILES string of the molecule is COC(=O)c1ccc(CN2C[C@@H](C)N(Cc3cc(F)c(F)cc3F)[C@@H](C)C2)cc1. The van der Waals surface area contributed by atoms with Gasteiger partial charge in [0.05, 0.1) is 12.7 Å². The topological polar surface area (TPSA) is 32.8 Å². The summed E-state index contributed by atoms with van der Waals surface area (Å²) in [5, 5.41) is 0. The fraction of sp³-hybridized carbons (Fsp3) is 0.409. The predicted octanol–water partition coefficient (Wildman–Crippen LogP) is 3.99. The van der Waals surface area contributed by atoms with Gasteiger partial charge in [-0.3, -0.25) is 9.80 Å². The Labute approximate surface area is 168 Å². The van der Waals surface area contributed by atoms with Gasteiger partial charge in [0.1, 0.15) is 5.82 Å². The van der Waals surface area contributed by atoms with Gasteiger partial charge < -0.3 is 4.74 Å². The molecule has 1 heterocycles. The number of halogens is 3. The molecule has 1 aliphatic heterocycles. The quantitative estimate of drug-likeness (QED) is 0.555. The number of benzene rings is 2. The Bertz CT molecular complexity index is 861. The zero-order chi connectivity index (χ0) is 21.1. The molecule has 0 aromatic heterocycles. The fourth-order valence-electron chi connectivity index (χ4n) is 3.91. The molecule has 1 aliphatic rings. The number of methoxy groups -OCH3 is 1. The Morgan fingerprint density at radius 1 is 0.966 bits per heavy atom. The van der Waals surface area contributed by atoms with E-state index < -0.39 is 17.5 Å². The molecule has 29 heavy (non-hydrogen) atoms. The molecule has 0 spiro atoms. The van der Waals surface area contributed by atoms with Crippen molar-refractivity contribution in [1.82, 2.24) is 9.80 Å². The molecule has 0 bridgehead atoms. The van der Waals surface area contributed by atoms with Crippen molar-refractivity contribution in [3.05, 3.63) is 70.5 Å². The Morgan fingerprint density at radius 2 is 1.55 bits per heavy atom. The number of rotatable bonds is 5. The van der Waals surface area contributed by atoms with Crippen molar-refractivity contribution in [3.8, 4) is 0 Å².